The molecule has 5 nitrogen and oxygen atoms in total. The van der Waals surface area contributed by atoms with Crippen LogP contribution in [0.5, 0.6) is 0 Å². The van der Waals surface area contributed by atoms with Gasteiger partial charge in [-0.2, -0.15) is 0 Å². The van der Waals surface area contributed by atoms with E-state index in [2.05, 4.69) is 49.3 Å². The molecule has 0 aromatic carbocycles. The third-order valence-corrected chi connectivity index (χ3v) is 10.4. The maximum atomic E-state index is 14.0. The fourth-order valence-corrected chi connectivity index (χ4v) is 6.97. The quantitative estimate of drug-likeness (QED) is 0.0603. The van der Waals surface area contributed by atoms with Crippen molar-refractivity contribution in [2.45, 2.75) is 227 Å². The number of unbranched alkanes of at least 4 members (excludes halogenated alkanes) is 25. The topological polar surface area (TPSA) is 43.9 Å². The smallest absolute Gasteiger partial charge is 0.236 e. The molecule has 0 aliphatic rings. The van der Waals surface area contributed by atoms with E-state index >= 15 is 0 Å². The molecule has 49 heavy (non-hydrogen) atoms. The van der Waals surface area contributed by atoms with Crippen LogP contribution in [-0.2, 0) is 9.59 Å². The van der Waals surface area contributed by atoms with Crippen LogP contribution in [-0.4, -0.2) is 72.3 Å². The van der Waals surface area contributed by atoms with Crippen LogP contribution in [0.15, 0.2) is 0 Å². The average molecular weight is 692 g/mol. The SMILES string of the molecule is CCCCCCCCN(CC(=O)N(CCCCCCCC)CCCCCCCC)CC(=O)N(CCCCCCCC)CCCCCCCC. The van der Waals surface area contributed by atoms with Crippen LogP contribution in [0.25, 0.3) is 0 Å². The molecule has 0 N–H and O–H groups in total. The van der Waals surface area contributed by atoms with Crippen molar-refractivity contribution in [1.29, 1.82) is 0 Å². The van der Waals surface area contributed by atoms with Gasteiger partial charge in [-0.05, 0) is 38.6 Å². The standard InChI is InChI=1S/C44H89N3O2/c1-6-11-16-21-26-31-36-45(41-43(48)46(37-32-27-22-17-12-7-2)38-33-28-23-18-13-8-3)42-44(49)47(39-34-29-24-19-14-9-4)40-35-30-25-20-15-10-5/h6-42H2,1-5H3. The molecule has 0 saturated carbocycles. The van der Waals surface area contributed by atoms with Gasteiger partial charge in [0.15, 0.2) is 0 Å². The summed E-state index contributed by atoms with van der Waals surface area (Å²) in [4.78, 5) is 34.5. The van der Waals surface area contributed by atoms with Crippen LogP contribution in [0.3, 0.4) is 0 Å². The number of carbonyl (C=O) groups is 2. The van der Waals surface area contributed by atoms with Gasteiger partial charge in [0.05, 0.1) is 13.1 Å². The molecule has 0 spiro atoms. The molecule has 0 aliphatic carbocycles. The Morgan fingerprint density at radius 2 is 0.490 bits per heavy atom. The van der Waals surface area contributed by atoms with Crippen molar-refractivity contribution in [2.75, 3.05) is 45.8 Å². The maximum absolute atomic E-state index is 14.0. The molecule has 0 atom stereocenters. The van der Waals surface area contributed by atoms with Gasteiger partial charge in [-0.1, -0.05) is 195 Å². The first kappa shape index (κ1) is 47.9. The van der Waals surface area contributed by atoms with E-state index in [-0.39, 0.29) is 11.8 Å². The average Bonchev–Trinajstić information content (AvgIpc) is 3.10. The number of amides is 2. The fourth-order valence-electron chi connectivity index (χ4n) is 6.97. The van der Waals surface area contributed by atoms with Crippen molar-refractivity contribution in [2.24, 2.45) is 0 Å². The molecule has 0 aromatic rings. The van der Waals surface area contributed by atoms with Crippen molar-refractivity contribution in [1.82, 2.24) is 14.7 Å². The molecule has 0 unspecified atom stereocenters. The van der Waals surface area contributed by atoms with Gasteiger partial charge in [0, 0.05) is 26.2 Å². The minimum absolute atomic E-state index is 0.249. The van der Waals surface area contributed by atoms with Gasteiger partial charge < -0.3 is 9.80 Å². The van der Waals surface area contributed by atoms with E-state index in [9.17, 15) is 9.59 Å². The van der Waals surface area contributed by atoms with Gasteiger partial charge in [-0.3, -0.25) is 14.5 Å². The second kappa shape index (κ2) is 38.1. The summed E-state index contributed by atoms with van der Waals surface area (Å²) in [6.07, 6.45) is 37.3. The molecule has 292 valence electrons. The van der Waals surface area contributed by atoms with Gasteiger partial charge in [0.1, 0.15) is 0 Å². The summed E-state index contributed by atoms with van der Waals surface area (Å²) in [6, 6.07) is 0. The Morgan fingerprint density at radius 3 is 0.735 bits per heavy atom. The van der Waals surface area contributed by atoms with Crippen LogP contribution in [0, 0.1) is 0 Å². The Labute approximate surface area is 308 Å². The molecule has 0 aliphatic heterocycles. The summed E-state index contributed by atoms with van der Waals surface area (Å²) < 4.78 is 0. The van der Waals surface area contributed by atoms with Gasteiger partial charge in [0.25, 0.3) is 0 Å². The number of hydrogen-bond acceptors (Lipinski definition) is 3. The van der Waals surface area contributed by atoms with Crippen LogP contribution in [0.1, 0.15) is 227 Å². The Hall–Kier alpha value is -1.10. The highest BCUT2D eigenvalue weighted by molar-refractivity contribution is 5.81. The molecule has 0 saturated heterocycles. The monoisotopic (exact) mass is 692 g/mol. The van der Waals surface area contributed by atoms with E-state index in [0.29, 0.717) is 13.1 Å². The van der Waals surface area contributed by atoms with Gasteiger partial charge in [-0.15, -0.1) is 0 Å². The van der Waals surface area contributed by atoms with E-state index in [4.69, 9.17) is 0 Å². The zero-order valence-electron chi connectivity index (χ0n) is 34.3. The molecule has 0 rings (SSSR count). The Balaban J connectivity index is 5.48. The highest BCUT2D eigenvalue weighted by Crippen LogP contribution is 2.13. The lowest BCUT2D eigenvalue weighted by atomic mass is 10.1. The Morgan fingerprint density at radius 1 is 0.286 bits per heavy atom. The first-order valence-corrected chi connectivity index (χ1v) is 22.3. The van der Waals surface area contributed by atoms with Crippen LogP contribution in [0.2, 0.25) is 0 Å². The zero-order valence-corrected chi connectivity index (χ0v) is 34.3. The normalized spacial score (nSPS) is 11.5. The minimum Gasteiger partial charge on any atom is -0.342 e. The van der Waals surface area contributed by atoms with E-state index < -0.39 is 0 Å². The summed E-state index contributed by atoms with van der Waals surface area (Å²) in [5.74, 6) is 0.499. The second-order valence-electron chi connectivity index (χ2n) is 15.3. The number of nitrogens with zero attached hydrogens (tertiary/aromatic N) is 3. The predicted octanol–water partition coefficient (Wildman–Crippen LogP) is 12.7. The van der Waals surface area contributed by atoms with Gasteiger partial charge >= 0.3 is 0 Å². The van der Waals surface area contributed by atoms with E-state index in [1.165, 1.54) is 161 Å². The van der Waals surface area contributed by atoms with E-state index in [1.54, 1.807) is 0 Å². The van der Waals surface area contributed by atoms with E-state index in [1.807, 2.05) is 0 Å². The molecular formula is C44H89N3O2. The number of hydrogen-bond donors (Lipinski definition) is 0. The van der Waals surface area contributed by atoms with Crippen molar-refractivity contribution >= 4 is 11.8 Å². The number of rotatable bonds is 39. The number of carbonyl (C=O) groups excluding carboxylic acids is 2. The lowest BCUT2D eigenvalue weighted by Gasteiger charge is -2.30. The molecule has 5 heteroatoms. The first-order valence-electron chi connectivity index (χ1n) is 22.3. The Kier molecular flexibility index (Phi) is 37.3. The predicted molar refractivity (Wildman–Crippen MR) is 216 cm³/mol. The van der Waals surface area contributed by atoms with Crippen molar-refractivity contribution in [3.63, 3.8) is 0 Å². The third kappa shape index (κ3) is 31.4. The minimum atomic E-state index is 0.249. The third-order valence-electron chi connectivity index (χ3n) is 10.4. The van der Waals surface area contributed by atoms with Crippen LogP contribution >= 0.6 is 0 Å². The molecule has 0 bridgehead atoms. The molecule has 0 radical (unpaired) electrons. The van der Waals surface area contributed by atoms with Crippen LogP contribution < -0.4 is 0 Å². The molecule has 2 amide bonds. The van der Waals surface area contributed by atoms with Crippen LogP contribution in [0.4, 0.5) is 0 Å². The Bertz CT molecular complexity index is 618. The summed E-state index contributed by atoms with van der Waals surface area (Å²) in [7, 11) is 0. The van der Waals surface area contributed by atoms with E-state index in [0.717, 1.165) is 64.8 Å². The summed E-state index contributed by atoms with van der Waals surface area (Å²) in [6.45, 7) is 16.5. The molecule has 0 aromatic heterocycles. The van der Waals surface area contributed by atoms with Gasteiger partial charge in [0.2, 0.25) is 11.8 Å². The first-order chi connectivity index (χ1) is 24.0. The maximum Gasteiger partial charge on any atom is 0.236 e. The highest BCUT2D eigenvalue weighted by atomic mass is 16.2. The van der Waals surface area contributed by atoms with Gasteiger partial charge in [-0.25, -0.2) is 0 Å². The second-order valence-corrected chi connectivity index (χ2v) is 15.3. The summed E-state index contributed by atoms with van der Waals surface area (Å²) in [5, 5.41) is 0. The highest BCUT2D eigenvalue weighted by Gasteiger charge is 2.22. The van der Waals surface area contributed by atoms with Crippen molar-refractivity contribution < 1.29 is 9.59 Å². The summed E-state index contributed by atoms with van der Waals surface area (Å²) in [5.41, 5.74) is 0. The lowest BCUT2D eigenvalue weighted by molar-refractivity contribution is -0.136. The molecule has 0 heterocycles. The molecular weight excluding hydrogens is 603 g/mol. The largest absolute Gasteiger partial charge is 0.342 e. The summed E-state index contributed by atoms with van der Waals surface area (Å²) >= 11 is 0. The lowest BCUT2D eigenvalue weighted by Crippen LogP contribution is -2.46. The van der Waals surface area contributed by atoms with Crippen molar-refractivity contribution in [3.8, 4) is 0 Å². The molecule has 0 fully saturated rings. The van der Waals surface area contributed by atoms with Crippen molar-refractivity contribution in [3.05, 3.63) is 0 Å². The zero-order chi connectivity index (χ0) is 36.0. The fraction of sp³-hybridized carbons (Fsp3) is 0.955.